The number of Topliss-reactive ketones (excluding diaryl/α,β-unsaturated/α-hetero) is 2. The zero-order valence-corrected chi connectivity index (χ0v) is 16.3. The van der Waals surface area contributed by atoms with Crippen LogP contribution in [0.15, 0.2) is 30.3 Å². The predicted octanol–water partition coefficient (Wildman–Crippen LogP) is 4.47. The summed E-state index contributed by atoms with van der Waals surface area (Å²) in [6, 6.07) is 9.51. The summed E-state index contributed by atoms with van der Waals surface area (Å²) < 4.78 is 29.3. The minimum Gasteiger partial charge on any atom is -0.339 e. The van der Waals surface area contributed by atoms with E-state index < -0.39 is 5.92 Å². The van der Waals surface area contributed by atoms with Crippen LogP contribution >= 0.6 is 0 Å². The smallest absolute Gasteiger partial charge is 0.261 e. The number of ketones is 2. The number of alkyl halides is 2. The molecule has 6 heteroatoms. The van der Waals surface area contributed by atoms with Crippen molar-refractivity contribution in [2.45, 2.75) is 38.7 Å². The van der Waals surface area contributed by atoms with Gasteiger partial charge in [0.15, 0.2) is 11.6 Å². The van der Waals surface area contributed by atoms with Crippen LogP contribution in [0.3, 0.4) is 0 Å². The third-order valence-corrected chi connectivity index (χ3v) is 6.34. The van der Waals surface area contributed by atoms with E-state index in [4.69, 9.17) is 0 Å². The number of hydrogen-bond acceptors (Lipinski definition) is 3. The SMILES string of the molecule is CC(=O)c1ccc2c(c1)c1c3c(ccc1n2CCN1CCC(F)(F)C1)C(=O)CC3. The van der Waals surface area contributed by atoms with Gasteiger partial charge in [0.2, 0.25) is 0 Å². The van der Waals surface area contributed by atoms with Gasteiger partial charge >= 0.3 is 0 Å². The number of fused-ring (bicyclic) bond motifs is 5. The molecule has 0 N–H and O–H groups in total. The summed E-state index contributed by atoms with van der Waals surface area (Å²) in [6.45, 7) is 2.88. The Kier molecular flexibility index (Phi) is 4.10. The van der Waals surface area contributed by atoms with Crippen molar-refractivity contribution in [3.05, 3.63) is 47.0 Å². The Morgan fingerprint density at radius 1 is 1.10 bits per heavy atom. The summed E-state index contributed by atoms with van der Waals surface area (Å²) in [7, 11) is 0. The molecule has 3 aromatic rings. The molecule has 1 aliphatic carbocycles. The molecule has 0 unspecified atom stereocenters. The maximum atomic E-state index is 13.6. The van der Waals surface area contributed by atoms with E-state index in [1.165, 1.54) is 0 Å². The molecule has 2 aromatic carbocycles. The van der Waals surface area contributed by atoms with Gasteiger partial charge in [0, 0.05) is 65.4 Å². The maximum Gasteiger partial charge on any atom is 0.261 e. The summed E-state index contributed by atoms with van der Waals surface area (Å²) in [5.74, 6) is -2.45. The number of carbonyl (C=O) groups is 2. The standard InChI is InChI=1S/C23H22F2N2O2/c1-14(28)15-2-5-19-18(12-15)22-17-4-7-21(29)16(17)3-6-20(22)27(19)11-10-26-9-8-23(24,25)13-26/h2-3,5-6,12H,4,7-11,13H2,1H3. The molecular formula is C23H22F2N2O2. The van der Waals surface area contributed by atoms with Crippen LogP contribution in [0.25, 0.3) is 21.8 Å². The quantitative estimate of drug-likeness (QED) is 0.611. The highest BCUT2D eigenvalue weighted by Gasteiger charge is 2.37. The molecule has 0 radical (unpaired) electrons. The summed E-state index contributed by atoms with van der Waals surface area (Å²) in [4.78, 5) is 26.0. The van der Waals surface area contributed by atoms with Crippen molar-refractivity contribution in [1.29, 1.82) is 0 Å². The lowest BCUT2D eigenvalue weighted by Crippen LogP contribution is -2.28. The first kappa shape index (κ1) is 18.4. The number of hydrogen-bond donors (Lipinski definition) is 0. The normalized spacial score (nSPS) is 18.8. The van der Waals surface area contributed by atoms with Crippen molar-refractivity contribution in [1.82, 2.24) is 9.47 Å². The van der Waals surface area contributed by atoms with Gasteiger partial charge < -0.3 is 4.57 Å². The number of benzene rings is 2. The van der Waals surface area contributed by atoms with Crippen molar-refractivity contribution in [2.24, 2.45) is 0 Å². The molecule has 1 aliphatic heterocycles. The first-order valence-corrected chi connectivity index (χ1v) is 10.1. The van der Waals surface area contributed by atoms with E-state index >= 15 is 0 Å². The Morgan fingerprint density at radius 3 is 2.62 bits per heavy atom. The van der Waals surface area contributed by atoms with Gasteiger partial charge in [0.1, 0.15) is 0 Å². The lowest BCUT2D eigenvalue weighted by molar-refractivity contribution is 0.0120. The first-order chi connectivity index (χ1) is 13.8. The van der Waals surface area contributed by atoms with E-state index in [1.807, 2.05) is 30.3 Å². The highest BCUT2D eigenvalue weighted by Crippen LogP contribution is 2.37. The molecule has 1 fully saturated rings. The Balaban J connectivity index is 1.64. The van der Waals surface area contributed by atoms with Crippen molar-refractivity contribution in [3.63, 3.8) is 0 Å². The summed E-state index contributed by atoms with van der Waals surface area (Å²) in [5, 5.41) is 1.99. The molecule has 5 rings (SSSR count). The van der Waals surface area contributed by atoms with Crippen molar-refractivity contribution >= 4 is 33.4 Å². The average Bonchev–Trinajstić information content (AvgIpc) is 3.32. The van der Waals surface area contributed by atoms with E-state index in [-0.39, 0.29) is 24.5 Å². The molecule has 0 amide bonds. The number of rotatable bonds is 4. The van der Waals surface area contributed by atoms with E-state index in [0.29, 0.717) is 38.0 Å². The molecule has 4 nitrogen and oxygen atoms in total. The number of carbonyl (C=O) groups excluding carboxylic acids is 2. The summed E-state index contributed by atoms with van der Waals surface area (Å²) >= 11 is 0. The highest BCUT2D eigenvalue weighted by atomic mass is 19.3. The Morgan fingerprint density at radius 2 is 1.90 bits per heavy atom. The Labute approximate surface area is 167 Å². The number of nitrogens with zero attached hydrogens (tertiary/aromatic N) is 2. The topological polar surface area (TPSA) is 42.3 Å². The number of aryl methyl sites for hydroxylation is 1. The van der Waals surface area contributed by atoms with Gasteiger partial charge in [0.25, 0.3) is 5.92 Å². The molecular weight excluding hydrogens is 374 g/mol. The zero-order valence-electron chi connectivity index (χ0n) is 16.3. The first-order valence-electron chi connectivity index (χ1n) is 10.1. The second kappa shape index (κ2) is 6.46. The van der Waals surface area contributed by atoms with Gasteiger partial charge in [0.05, 0.1) is 6.54 Å². The molecule has 0 bridgehead atoms. The van der Waals surface area contributed by atoms with E-state index in [0.717, 1.165) is 32.9 Å². The fourth-order valence-corrected chi connectivity index (χ4v) is 4.86. The monoisotopic (exact) mass is 396 g/mol. The van der Waals surface area contributed by atoms with Crippen molar-refractivity contribution in [2.75, 3.05) is 19.6 Å². The van der Waals surface area contributed by atoms with E-state index in [9.17, 15) is 18.4 Å². The van der Waals surface area contributed by atoms with Gasteiger partial charge in [-0.25, -0.2) is 8.78 Å². The Bertz CT molecular complexity index is 1180. The van der Waals surface area contributed by atoms with Crippen LogP contribution in [0, 0.1) is 0 Å². The van der Waals surface area contributed by atoms with Crippen LogP contribution in [-0.4, -0.2) is 46.6 Å². The molecule has 2 heterocycles. The molecule has 0 saturated carbocycles. The largest absolute Gasteiger partial charge is 0.339 e. The summed E-state index contributed by atoms with van der Waals surface area (Å²) in [6.07, 6.45) is 1.13. The lowest BCUT2D eigenvalue weighted by Gasteiger charge is -2.17. The van der Waals surface area contributed by atoms with Crippen LogP contribution in [0.2, 0.25) is 0 Å². The number of halogens is 2. The van der Waals surface area contributed by atoms with Crippen LogP contribution < -0.4 is 0 Å². The second-order valence-electron chi connectivity index (χ2n) is 8.23. The molecule has 1 saturated heterocycles. The molecule has 29 heavy (non-hydrogen) atoms. The third kappa shape index (κ3) is 2.97. The average molecular weight is 396 g/mol. The van der Waals surface area contributed by atoms with Crippen LogP contribution in [-0.2, 0) is 13.0 Å². The minimum atomic E-state index is -2.60. The Hall–Kier alpha value is -2.60. The second-order valence-corrected chi connectivity index (χ2v) is 8.23. The lowest BCUT2D eigenvalue weighted by atomic mass is 10.0. The maximum absolute atomic E-state index is 13.6. The van der Waals surface area contributed by atoms with Gasteiger partial charge in [-0.2, -0.15) is 0 Å². The zero-order chi connectivity index (χ0) is 20.3. The van der Waals surface area contributed by atoms with Crippen LogP contribution in [0.1, 0.15) is 46.0 Å². The van der Waals surface area contributed by atoms with Gasteiger partial charge in [-0.1, -0.05) is 0 Å². The van der Waals surface area contributed by atoms with Crippen LogP contribution in [0.4, 0.5) is 8.78 Å². The fraction of sp³-hybridized carbons (Fsp3) is 0.391. The molecule has 2 aliphatic rings. The van der Waals surface area contributed by atoms with E-state index in [1.54, 1.807) is 11.8 Å². The number of likely N-dealkylation sites (tertiary alicyclic amines) is 1. The molecule has 150 valence electrons. The summed E-state index contributed by atoms with van der Waals surface area (Å²) in [5.41, 5.74) is 4.43. The highest BCUT2D eigenvalue weighted by molar-refractivity contribution is 6.16. The van der Waals surface area contributed by atoms with Crippen molar-refractivity contribution in [3.8, 4) is 0 Å². The fourth-order valence-electron chi connectivity index (χ4n) is 4.86. The van der Waals surface area contributed by atoms with Gasteiger partial charge in [-0.3, -0.25) is 14.5 Å². The van der Waals surface area contributed by atoms with Gasteiger partial charge in [-0.15, -0.1) is 0 Å². The molecule has 0 spiro atoms. The van der Waals surface area contributed by atoms with Crippen molar-refractivity contribution < 1.29 is 18.4 Å². The molecule has 1 aromatic heterocycles. The van der Waals surface area contributed by atoms with E-state index in [2.05, 4.69) is 4.57 Å². The third-order valence-electron chi connectivity index (χ3n) is 6.34. The predicted molar refractivity (Wildman–Crippen MR) is 108 cm³/mol. The number of aromatic nitrogens is 1. The minimum absolute atomic E-state index is 0.00393. The van der Waals surface area contributed by atoms with Crippen LogP contribution in [0.5, 0.6) is 0 Å². The molecule has 0 atom stereocenters. The van der Waals surface area contributed by atoms with Gasteiger partial charge in [-0.05, 0) is 49.2 Å².